The minimum Gasteiger partial charge on any atom is -0.484 e. The molecule has 27 heavy (non-hydrogen) atoms. The summed E-state index contributed by atoms with van der Waals surface area (Å²) in [6, 6.07) is 14.9. The number of likely N-dealkylation sites (N-methyl/N-ethyl adjacent to an activating group) is 1. The maximum atomic E-state index is 12.4. The second-order valence-electron chi connectivity index (χ2n) is 6.60. The van der Waals surface area contributed by atoms with Crippen LogP contribution in [0.15, 0.2) is 48.5 Å². The summed E-state index contributed by atoms with van der Waals surface area (Å²) in [7, 11) is 3.36. The largest absolute Gasteiger partial charge is 0.484 e. The van der Waals surface area contributed by atoms with Crippen LogP contribution in [0.5, 0.6) is 5.75 Å². The molecule has 2 amide bonds. The van der Waals surface area contributed by atoms with Crippen LogP contribution in [0.25, 0.3) is 10.9 Å². The highest BCUT2D eigenvalue weighted by Gasteiger charge is 2.12. The Kier molecular flexibility index (Phi) is 5.45. The van der Waals surface area contributed by atoms with Gasteiger partial charge in [-0.2, -0.15) is 0 Å². The Morgan fingerprint density at radius 2 is 1.78 bits per heavy atom. The third-order valence-corrected chi connectivity index (χ3v) is 4.36. The highest BCUT2D eigenvalue weighted by molar-refractivity contribution is 5.96. The minimum atomic E-state index is -0.110. The van der Waals surface area contributed by atoms with Crippen molar-refractivity contribution in [2.24, 2.45) is 0 Å². The van der Waals surface area contributed by atoms with Crippen molar-refractivity contribution in [1.29, 1.82) is 0 Å². The molecule has 3 rings (SSSR count). The van der Waals surface area contributed by atoms with E-state index in [1.807, 2.05) is 31.2 Å². The lowest BCUT2D eigenvalue weighted by molar-refractivity contribution is -0.130. The van der Waals surface area contributed by atoms with Gasteiger partial charge in [-0.15, -0.1) is 0 Å². The first-order valence-electron chi connectivity index (χ1n) is 8.73. The molecule has 2 N–H and O–H groups in total. The number of amides is 2. The van der Waals surface area contributed by atoms with Crippen LogP contribution in [0.2, 0.25) is 0 Å². The van der Waals surface area contributed by atoms with Gasteiger partial charge in [0.05, 0.1) is 6.42 Å². The van der Waals surface area contributed by atoms with Gasteiger partial charge in [0.2, 0.25) is 5.91 Å². The molecule has 0 saturated heterocycles. The van der Waals surface area contributed by atoms with Crippen LogP contribution in [-0.2, 0) is 16.0 Å². The number of fused-ring (bicyclic) bond motifs is 1. The van der Waals surface area contributed by atoms with Gasteiger partial charge in [0, 0.05) is 36.4 Å². The summed E-state index contributed by atoms with van der Waals surface area (Å²) in [6.07, 6.45) is 0.297. The summed E-state index contributed by atoms with van der Waals surface area (Å²) in [4.78, 5) is 28.8. The summed E-state index contributed by atoms with van der Waals surface area (Å²) in [6.45, 7) is 1.96. The van der Waals surface area contributed by atoms with E-state index in [4.69, 9.17) is 4.74 Å². The Labute approximate surface area is 158 Å². The zero-order valence-electron chi connectivity index (χ0n) is 15.7. The van der Waals surface area contributed by atoms with E-state index in [2.05, 4.69) is 10.3 Å². The van der Waals surface area contributed by atoms with Crippen molar-refractivity contribution in [3.63, 3.8) is 0 Å². The molecule has 0 unspecified atom stereocenters. The van der Waals surface area contributed by atoms with E-state index >= 15 is 0 Å². The lowest BCUT2D eigenvalue weighted by Gasteiger charge is -2.12. The number of nitrogens with one attached hydrogen (secondary N) is 2. The molecule has 0 bridgehead atoms. The van der Waals surface area contributed by atoms with Crippen LogP contribution in [0.4, 0.5) is 5.69 Å². The van der Waals surface area contributed by atoms with Crippen molar-refractivity contribution in [3.8, 4) is 5.75 Å². The van der Waals surface area contributed by atoms with Crippen LogP contribution in [-0.4, -0.2) is 42.4 Å². The lowest BCUT2D eigenvalue weighted by Crippen LogP contribution is -2.27. The number of rotatable bonds is 6. The van der Waals surface area contributed by atoms with Gasteiger partial charge in [-0.05, 0) is 42.8 Å². The van der Waals surface area contributed by atoms with Crippen molar-refractivity contribution >= 4 is 28.4 Å². The number of nitrogens with zero attached hydrogens (tertiary/aromatic N) is 1. The van der Waals surface area contributed by atoms with E-state index < -0.39 is 0 Å². The molecule has 0 atom stereocenters. The molecule has 3 aromatic rings. The Hall–Kier alpha value is -3.28. The van der Waals surface area contributed by atoms with E-state index in [9.17, 15) is 9.59 Å². The number of aryl methyl sites for hydroxylation is 1. The fourth-order valence-electron chi connectivity index (χ4n) is 2.84. The second kappa shape index (κ2) is 7.95. The number of carbonyl (C=O) groups excluding carboxylic acids is 2. The van der Waals surface area contributed by atoms with Crippen LogP contribution < -0.4 is 10.1 Å². The second-order valence-corrected chi connectivity index (χ2v) is 6.60. The van der Waals surface area contributed by atoms with Gasteiger partial charge in [-0.1, -0.05) is 18.2 Å². The molecule has 2 aromatic carbocycles. The van der Waals surface area contributed by atoms with E-state index in [0.29, 0.717) is 17.9 Å². The molecule has 6 nitrogen and oxygen atoms in total. The predicted molar refractivity (Wildman–Crippen MR) is 106 cm³/mol. The van der Waals surface area contributed by atoms with Crippen LogP contribution in [0.3, 0.4) is 0 Å². The molecule has 0 radical (unpaired) electrons. The van der Waals surface area contributed by atoms with Crippen LogP contribution in [0, 0.1) is 6.92 Å². The average Bonchev–Trinajstić information content (AvgIpc) is 2.96. The Bertz CT molecular complexity index is 958. The van der Waals surface area contributed by atoms with Gasteiger partial charge in [-0.25, -0.2) is 0 Å². The van der Waals surface area contributed by atoms with Gasteiger partial charge in [0.1, 0.15) is 5.75 Å². The average molecular weight is 365 g/mol. The van der Waals surface area contributed by atoms with Gasteiger partial charge in [-0.3, -0.25) is 9.59 Å². The molecule has 0 fully saturated rings. The number of hydrogen-bond acceptors (Lipinski definition) is 3. The van der Waals surface area contributed by atoms with Crippen molar-refractivity contribution in [2.45, 2.75) is 13.3 Å². The summed E-state index contributed by atoms with van der Waals surface area (Å²) >= 11 is 0. The first-order chi connectivity index (χ1) is 12.9. The monoisotopic (exact) mass is 365 g/mol. The van der Waals surface area contributed by atoms with Gasteiger partial charge < -0.3 is 19.9 Å². The van der Waals surface area contributed by atoms with Crippen molar-refractivity contribution in [1.82, 2.24) is 9.88 Å². The number of carbonyl (C=O) groups is 2. The summed E-state index contributed by atoms with van der Waals surface area (Å²) < 4.78 is 5.43. The van der Waals surface area contributed by atoms with Gasteiger partial charge in [0.15, 0.2) is 6.61 Å². The zero-order chi connectivity index (χ0) is 19.4. The number of anilines is 1. The molecule has 0 spiro atoms. The molecular formula is C21H23N3O3. The molecule has 0 saturated carbocycles. The molecule has 140 valence electrons. The standard InChI is InChI=1S/C21H23N3O3/c1-14-18(17-6-4-5-7-19(17)22-14)12-20(25)23-15-8-10-16(11-9-15)27-13-21(26)24(2)3/h4-11,22H,12-13H2,1-3H3,(H,23,25). The lowest BCUT2D eigenvalue weighted by atomic mass is 10.1. The third kappa shape index (κ3) is 4.47. The van der Waals surface area contributed by atoms with E-state index in [1.54, 1.807) is 38.4 Å². The van der Waals surface area contributed by atoms with Gasteiger partial charge in [0.25, 0.3) is 5.91 Å². The maximum absolute atomic E-state index is 12.4. The normalized spacial score (nSPS) is 10.6. The van der Waals surface area contributed by atoms with Crippen LogP contribution >= 0.6 is 0 Å². The number of ether oxygens (including phenoxy) is 1. The Balaban J connectivity index is 1.61. The summed E-state index contributed by atoms with van der Waals surface area (Å²) in [5.74, 6) is 0.386. The van der Waals surface area contributed by atoms with E-state index in [1.165, 1.54) is 4.90 Å². The van der Waals surface area contributed by atoms with Crippen molar-refractivity contribution in [3.05, 3.63) is 59.8 Å². The zero-order valence-corrected chi connectivity index (χ0v) is 15.7. The fraction of sp³-hybridized carbons (Fsp3) is 0.238. The minimum absolute atomic E-state index is 0.0153. The molecule has 1 aromatic heterocycles. The van der Waals surface area contributed by atoms with Gasteiger partial charge >= 0.3 is 0 Å². The number of hydrogen-bond donors (Lipinski definition) is 2. The maximum Gasteiger partial charge on any atom is 0.259 e. The molecular weight excluding hydrogens is 342 g/mol. The van der Waals surface area contributed by atoms with Crippen LogP contribution in [0.1, 0.15) is 11.3 Å². The molecule has 6 heteroatoms. The number of H-pyrrole nitrogens is 1. The SMILES string of the molecule is Cc1[nH]c2ccccc2c1CC(=O)Nc1ccc(OCC(=O)N(C)C)cc1. The molecule has 0 aliphatic rings. The summed E-state index contributed by atoms with van der Waals surface area (Å²) in [5.41, 5.74) is 3.72. The number of aromatic nitrogens is 1. The highest BCUT2D eigenvalue weighted by atomic mass is 16.5. The van der Waals surface area contributed by atoms with Crippen molar-refractivity contribution in [2.75, 3.05) is 26.0 Å². The molecule has 0 aliphatic carbocycles. The number of benzene rings is 2. The molecule has 0 aliphatic heterocycles. The Morgan fingerprint density at radius 3 is 2.48 bits per heavy atom. The third-order valence-electron chi connectivity index (χ3n) is 4.36. The first kappa shape index (κ1) is 18.5. The van der Waals surface area contributed by atoms with E-state index in [-0.39, 0.29) is 18.4 Å². The number of para-hydroxylation sites is 1. The fourth-order valence-corrected chi connectivity index (χ4v) is 2.84. The number of aromatic amines is 1. The van der Waals surface area contributed by atoms with Crippen molar-refractivity contribution < 1.29 is 14.3 Å². The quantitative estimate of drug-likeness (QED) is 0.705. The van der Waals surface area contributed by atoms with E-state index in [0.717, 1.165) is 22.2 Å². The smallest absolute Gasteiger partial charge is 0.259 e. The predicted octanol–water partition coefficient (Wildman–Crippen LogP) is 3.12. The first-order valence-corrected chi connectivity index (χ1v) is 8.73. The highest BCUT2D eigenvalue weighted by Crippen LogP contribution is 2.23. The summed E-state index contributed by atoms with van der Waals surface area (Å²) in [5, 5.41) is 3.97. The Morgan fingerprint density at radius 1 is 1.07 bits per heavy atom. The molecule has 1 heterocycles. The topological polar surface area (TPSA) is 74.4 Å².